The van der Waals surface area contributed by atoms with E-state index in [0.717, 1.165) is 0 Å². The van der Waals surface area contributed by atoms with Gasteiger partial charge in [0.15, 0.2) is 11.0 Å². The van der Waals surface area contributed by atoms with Gasteiger partial charge in [-0.25, -0.2) is 0 Å². The van der Waals surface area contributed by atoms with E-state index in [9.17, 15) is 4.79 Å². The summed E-state index contributed by atoms with van der Waals surface area (Å²) < 4.78 is 5.34. The SMILES string of the molecule is Cc1cc(=O)c2cccc(Cl)c2o1. The van der Waals surface area contributed by atoms with E-state index in [1.807, 2.05) is 0 Å². The average molecular weight is 195 g/mol. The van der Waals surface area contributed by atoms with Crippen LogP contribution in [0.1, 0.15) is 5.76 Å². The van der Waals surface area contributed by atoms with Gasteiger partial charge in [0, 0.05) is 6.07 Å². The van der Waals surface area contributed by atoms with E-state index in [2.05, 4.69) is 0 Å². The molecule has 1 aromatic carbocycles. The predicted octanol–water partition coefficient (Wildman–Crippen LogP) is 2.75. The molecule has 0 radical (unpaired) electrons. The molecule has 1 heterocycles. The standard InChI is InChI=1S/C10H7ClO2/c1-6-5-9(12)7-3-2-4-8(11)10(7)13-6/h2-5H,1H3. The summed E-state index contributed by atoms with van der Waals surface area (Å²) in [6.45, 7) is 1.73. The number of rotatable bonds is 0. The Hall–Kier alpha value is -1.28. The summed E-state index contributed by atoms with van der Waals surface area (Å²) in [6, 6.07) is 6.59. The van der Waals surface area contributed by atoms with Gasteiger partial charge in [-0.1, -0.05) is 17.7 Å². The van der Waals surface area contributed by atoms with E-state index in [1.165, 1.54) is 6.07 Å². The Morgan fingerprint density at radius 2 is 2.15 bits per heavy atom. The van der Waals surface area contributed by atoms with Gasteiger partial charge in [0.05, 0.1) is 10.4 Å². The summed E-state index contributed by atoms with van der Waals surface area (Å²) in [4.78, 5) is 11.4. The number of hydrogen-bond donors (Lipinski definition) is 0. The van der Waals surface area contributed by atoms with Crippen LogP contribution >= 0.6 is 11.6 Å². The molecule has 0 atom stereocenters. The summed E-state index contributed by atoms with van der Waals surface area (Å²) in [6.07, 6.45) is 0. The Balaban J connectivity index is 3.03. The topological polar surface area (TPSA) is 30.2 Å². The molecule has 2 rings (SSSR count). The smallest absolute Gasteiger partial charge is 0.192 e. The molecule has 1 aromatic heterocycles. The largest absolute Gasteiger partial charge is 0.460 e. The summed E-state index contributed by atoms with van der Waals surface area (Å²) in [5.41, 5.74) is 0.412. The summed E-state index contributed by atoms with van der Waals surface area (Å²) >= 11 is 5.87. The first-order valence-corrected chi connectivity index (χ1v) is 4.25. The van der Waals surface area contributed by atoms with Crippen LogP contribution in [-0.2, 0) is 0 Å². The molecule has 3 heteroatoms. The van der Waals surface area contributed by atoms with Gasteiger partial charge in [-0.3, -0.25) is 4.79 Å². The van der Waals surface area contributed by atoms with E-state index in [-0.39, 0.29) is 5.43 Å². The zero-order valence-corrected chi connectivity index (χ0v) is 7.76. The molecular weight excluding hydrogens is 188 g/mol. The highest BCUT2D eigenvalue weighted by molar-refractivity contribution is 6.34. The molecule has 13 heavy (non-hydrogen) atoms. The van der Waals surface area contributed by atoms with Crippen LogP contribution in [0.3, 0.4) is 0 Å². The average Bonchev–Trinajstić information content (AvgIpc) is 2.07. The highest BCUT2D eigenvalue weighted by Gasteiger charge is 2.04. The Kier molecular flexibility index (Phi) is 1.85. The van der Waals surface area contributed by atoms with Crippen molar-refractivity contribution in [3.8, 4) is 0 Å². The third-order valence-electron chi connectivity index (χ3n) is 1.83. The van der Waals surface area contributed by atoms with Gasteiger partial charge in [0.1, 0.15) is 5.76 Å². The van der Waals surface area contributed by atoms with Crippen molar-refractivity contribution in [2.45, 2.75) is 6.92 Å². The molecule has 0 bridgehead atoms. The fraction of sp³-hybridized carbons (Fsp3) is 0.100. The van der Waals surface area contributed by atoms with Crippen molar-refractivity contribution in [3.63, 3.8) is 0 Å². The molecule has 0 N–H and O–H groups in total. The minimum absolute atomic E-state index is 0.0544. The lowest BCUT2D eigenvalue weighted by atomic mass is 10.2. The van der Waals surface area contributed by atoms with Gasteiger partial charge in [-0.05, 0) is 19.1 Å². The zero-order chi connectivity index (χ0) is 9.42. The van der Waals surface area contributed by atoms with Crippen LogP contribution in [0.4, 0.5) is 0 Å². The maximum atomic E-state index is 11.4. The number of para-hydroxylation sites is 1. The van der Waals surface area contributed by atoms with Crippen LogP contribution in [-0.4, -0.2) is 0 Å². The van der Waals surface area contributed by atoms with Gasteiger partial charge in [0.25, 0.3) is 0 Å². The van der Waals surface area contributed by atoms with Crippen LogP contribution < -0.4 is 5.43 Å². The number of hydrogen-bond acceptors (Lipinski definition) is 2. The number of benzene rings is 1. The second kappa shape index (κ2) is 2.89. The Morgan fingerprint density at radius 3 is 2.92 bits per heavy atom. The molecule has 0 amide bonds. The third-order valence-corrected chi connectivity index (χ3v) is 2.13. The fourth-order valence-electron chi connectivity index (χ4n) is 1.26. The van der Waals surface area contributed by atoms with Crippen LogP contribution in [0.25, 0.3) is 11.0 Å². The minimum atomic E-state index is -0.0544. The first kappa shape index (κ1) is 8.32. The van der Waals surface area contributed by atoms with Gasteiger partial charge in [-0.2, -0.15) is 0 Å². The van der Waals surface area contributed by atoms with Crippen molar-refractivity contribution >= 4 is 22.6 Å². The Labute approximate surface area is 79.7 Å². The molecule has 0 aliphatic heterocycles. The van der Waals surface area contributed by atoms with Crippen molar-refractivity contribution in [3.05, 3.63) is 45.3 Å². The van der Waals surface area contributed by atoms with Crippen molar-refractivity contribution in [1.82, 2.24) is 0 Å². The normalized spacial score (nSPS) is 10.6. The maximum Gasteiger partial charge on any atom is 0.192 e. The molecule has 66 valence electrons. The highest BCUT2D eigenvalue weighted by Crippen LogP contribution is 2.21. The number of aryl methyl sites for hydroxylation is 1. The van der Waals surface area contributed by atoms with Crippen LogP contribution in [0.5, 0.6) is 0 Å². The van der Waals surface area contributed by atoms with Crippen molar-refractivity contribution < 1.29 is 4.42 Å². The van der Waals surface area contributed by atoms with E-state index < -0.39 is 0 Å². The van der Waals surface area contributed by atoms with Gasteiger partial charge < -0.3 is 4.42 Å². The van der Waals surface area contributed by atoms with Gasteiger partial charge in [0.2, 0.25) is 0 Å². The Bertz CT molecular complexity index is 514. The van der Waals surface area contributed by atoms with Crippen molar-refractivity contribution in [2.24, 2.45) is 0 Å². The molecule has 0 aliphatic rings. The van der Waals surface area contributed by atoms with Gasteiger partial charge in [-0.15, -0.1) is 0 Å². The van der Waals surface area contributed by atoms with Crippen molar-refractivity contribution in [2.75, 3.05) is 0 Å². The summed E-state index contributed by atoms with van der Waals surface area (Å²) in [7, 11) is 0. The quantitative estimate of drug-likeness (QED) is 0.646. The molecule has 0 saturated carbocycles. The molecule has 0 saturated heterocycles. The lowest BCUT2D eigenvalue weighted by molar-refractivity contribution is 0.565. The molecule has 2 aromatic rings. The second-order valence-electron chi connectivity index (χ2n) is 2.84. The number of halogens is 1. The molecule has 0 unspecified atom stereocenters. The molecule has 0 spiro atoms. The van der Waals surface area contributed by atoms with Gasteiger partial charge >= 0.3 is 0 Å². The molecule has 0 aliphatic carbocycles. The van der Waals surface area contributed by atoms with E-state index in [4.69, 9.17) is 16.0 Å². The molecule has 2 nitrogen and oxygen atoms in total. The zero-order valence-electron chi connectivity index (χ0n) is 7.00. The fourth-order valence-corrected chi connectivity index (χ4v) is 1.47. The monoisotopic (exact) mass is 194 g/mol. The van der Waals surface area contributed by atoms with Crippen LogP contribution in [0.2, 0.25) is 5.02 Å². The minimum Gasteiger partial charge on any atom is -0.460 e. The van der Waals surface area contributed by atoms with E-state index in [1.54, 1.807) is 25.1 Å². The summed E-state index contributed by atoms with van der Waals surface area (Å²) in [5, 5.41) is 0.997. The van der Waals surface area contributed by atoms with Crippen molar-refractivity contribution in [1.29, 1.82) is 0 Å². The number of fused-ring (bicyclic) bond motifs is 1. The lowest BCUT2D eigenvalue weighted by Crippen LogP contribution is -1.99. The third kappa shape index (κ3) is 1.33. The van der Waals surface area contributed by atoms with E-state index in [0.29, 0.717) is 21.8 Å². The van der Waals surface area contributed by atoms with E-state index >= 15 is 0 Å². The van der Waals surface area contributed by atoms with Crippen LogP contribution in [0, 0.1) is 6.92 Å². The Morgan fingerprint density at radius 1 is 1.38 bits per heavy atom. The summed E-state index contributed by atoms with van der Waals surface area (Å²) in [5.74, 6) is 0.575. The molecule has 0 fully saturated rings. The first-order valence-electron chi connectivity index (χ1n) is 3.87. The van der Waals surface area contributed by atoms with Crippen LogP contribution in [0.15, 0.2) is 33.5 Å². The maximum absolute atomic E-state index is 11.4. The molecular formula is C10H7ClO2. The first-order chi connectivity index (χ1) is 6.18. The lowest BCUT2D eigenvalue weighted by Gasteiger charge is -1.99. The highest BCUT2D eigenvalue weighted by atomic mass is 35.5. The predicted molar refractivity (Wildman–Crippen MR) is 52.2 cm³/mol. The second-order valence-corrected chi connectivity index (χ2v) is 3.25.